The quantitative estimate of drug-likeness (QED) is 0.0403. The zero-order valence-electron chi connectivity index (χ0n) is 32.2. The van der Waals surface area contributed by atoms with Gasteiger partial charge in [0.05, 0.1) is 39.6 Å². The Morgan fingerprint density at radius 1 is 0.347 bits per heavy atom. The zero-order chi connectivity index (χ0) is 37.1. The summed E-state index contributed by atoms with van der Waals surface area (Å²) >= 11 is 0. The molecule has 49 heavy (non-hydrogen) atoms. The Labute approximate surface area is 295 Å². The average molecular weight is 713 g/mol. The van der Waals surface area contributed by atoms with Crippen LogP contribution >= 0.6 is 0 Å². The van der Waals surface area contributed by atoms with Gasteiger partial charge in [0, 0.05) is 39.3 Å². The number of unbranched alkanes of at least 4 members (excludes halogenated alkanes) is 4. The molecule has 14 heteroatoms. The first-order valence-electron chi connectivity index (χ1n) is 18.4. The van der Waals surface area contributed by atoms with Crippen molar-refractivity contribution in [2.24, 2.45) is 0 Å². The fourth-order valence-corrected chi connectivity index (χ4v) is 4.92. The maximum Gasteiger partial charge on any atom is 0.416 e. The van der Waals surface area contributed by atoms with E-state index in [1.54, 1.807) is 55.4 Å². The van der Waals surface area contributed by atoms with Crippen LogP contribution in [-0.4, -0.2) is 102 Å². The first-order valence-corrected chi connectivity index (χ1v) is 18.4. The Bertz CT molecular complexity index is 749. The van der Waals surface area contributed by atoms with E-state index in [1.807, 2.05) is 13.8 Å². The standard InChI is InChI=1S/C35H68O14/c1-11-28-46-32(38-13-3,39-14-4)34(42-17-7,43-18-8)48-30(36)26-24-22-21-23-25-27-31(37)49-35(44-19-9,45-20-10)33(40-15-5,41-16-6)47-29-12-2/h11-29H2,1-10H3. The zero-order valence-corrected chi connectivity index (χ0v) is 32.2. The van der Waals surface area contributed by atoms with Crippen molar-refractivity contribution < 1.29 is 66.4 Å². The third-order valence-electron chi connectivity index (χ3n) is 6.68. The van der Waals surface area contributed by atoms with Crippen molar-refractivity contribution in [2.75, 3.05) is 66.1 Å². The predicted octanol–water partition coefficient (Wildman–Crippen LogP) is 6.56. The second-order valence-corrected chi connectivity index (χ2v) is 10.6. The molecule has 0 fully saturated rings. The summed E-state index contributed by atoms with van der Waals surface area (Å²) in [5.41, 5.74) is 0. The van der Waals surface area contributed by atoms with Crippen molar-refractivity contribution in [3.63, 3.8) is 0 Å². The van der Waals surface area contributed by atoms with Gasteiger partial charge in [0.1, 0.15) is 0 Å². The summed E-state index contributed by atoms with van der Waals surface area (Å²) in [5, 5.41) is 0. The van der Waals surface area contributed by atoms with Crippen LogP contribution in [-0.2, 0) is 66.4 Å². The molecule has 0 atom stereocenters. The van der Waals surface area contributed by atoms with Gasteiger partial charge < -0.3 is 56.8 Å². The summed E-state index contributed by atoms with van der Waals surface area (Å²) in [4.78, 5) is 26.3. The monoisotopic (exact) mass is 712 g/mol. The van der Waals surface area contributed by atoms with Crippen molar-refractivity contribution in [3.05, 3.63) is 0 Å². The van der Waals surface area contributed by atoms with Crippen LogP contribution in [0.5, 0.6) is 0 Å². The average Bonchev–Trinajstić information content (AvgIpc) is 3.06. The molecule has 0 unspecified atom stereocenters. The SMILES string of the molecule is CCCOC(OCC)(OCC)C(OCC)(OCC)OC(=O)CCCCCCCC(=O)OC(OCC)(OCC)C(OCC)(OCC)OCCC. The molecule has 0 heterocycles. The highest BCUT2D eigenvalue weighted by molar-refractivity contribution is 5.70. The highest BCUT2D eigenvalue weighted by atomic mass is 17.0. The molecule has 14 nitrogen and oxygen atoms in total. The minimum atomic E-state index is -2.06. The number of carbonyl (C=O) groups is 2. The Balaban J connectivity index is 5.39. The van der Waals surface area contributed by atoms with Crippen LogP contribution in [0, 0.1) is 0 Å². The number of hydrogen-bond donors (Lipinski definition) is 0. The van der Waals surface area contributed by atoms with E-state index in [0.29, 0.717) is 25.7 Å². The van der Waals surface area contributed by atoms with E-state index in [4.69, 9.17) is 56.8 Å². The maximum atomic E-state index is 13.1. The van der Waals surface area contributed by atoms with Gasteiger partial charge in [-0.25, -0.2) is 0 Å². The van der Waals surface area contributed by atoms with Crippen LogP contribution in [0.2, 0.25) is 0 Å². The summed E-state index contributed by atoms with van der Waals surface area (Å²) < 4.78 is 70.9. The number of ether oxygens (including phenoxy) is 12. The van der Waals surface area contributed by atoms with E-state index in [1.165, 1.54) is 0 Å². The lowest BCUT2D eigenvalue weighted by molar-refractivity contribution is -0.549. The van der Waals surface area contributed by atoms with Gasteiger partial charge in [-0.15, -0.1) is 0 Å². The molecule has 0 aromatic heterocycles. The van der Waals surface area contributed by atoms with Gasteiger partial charge in [-0.2, -0.15) is 0 Å². The van der Waals surface area contributed by atoms with Crippen LogP contribution < -0.4 is 0 Å². The minimum absolute atomic E-state index is 0.103. The number of esters is 2. The Kier molecular flexibility index (Phi) is 26.4. The molecular formula is C35H68O14. The highest BCUT2D eigenvalue weighted by Crippen LogP contribution is 2.38. The summed E-state index contributed by atoms with van der Waals surface area (Å²) in [6, 6.07) is 0. The van der Waals surface area contributed by atoms with Crippen LogP contribution in [0.4, 0.5) is 0 Å². The van der Waals surface area contributed by atoms with Gasteiger partial charge in [-0.05, 0) is 81.1 Å². The van der Waals surface area contributed by atoms with Gasteiger partial charge >= 0.3 is 35.8 Å². The molecule has 0 radical (unpaired) electrons. The molecule has 0 aliphatic rings. The lowest BCUT2D eigenvalue weighted by Gasteiger charge is -2.44. The Morgan fingerprint density at radius 3 is 0.837 bits per heavy atom. The lowest BCUT2D eigenvalue weighted by Crippen LogP contribution is -2.65. The second kappa shape index (κ2) is 27.2. The summed E-state index contributed by atoms with van der Waals surface area (Å²) in [5.74, 6) is -9.02. The molecular weight excluding hydrogens is 644 g/mol. The van der Waals surface area contributed by atoms with E-state index < -0.39 is 35.8 Å². The van der Waals surface area contributed by atoms with Crippen molar-refractivity contribution in [3.8, 4) is 0 Å². The molecule has 0 aliphatic heterocycles. The van der Waals surface area contributed by atoms with Gasteiger partial charge in [0.15, 0.2) is 0 Å². The summed E-state index contributed by atoms with van der Waals surface area (Å²) in [7, 11) is 0. The molecule has 0 saturated heterocycles. The summed E-state index contributed by atoms with van der Waals surface area (Å²) in [6.07, 6.45) is 4.83. The van der Waals surface area contributed by atoms with Gasteiger partial charge in [-0.1, -0.05) is 33.1 Å². The predicted molar refractivity (Wildman–Crippen MR) is 181 cm³/mol. The molecule has 0 N–H and O–H groups in total. The van der Waals surface area contributed by atoms with E-state index in [2.05, 4.69) is 0 Å². The van der Waals surface area contributed by atoms with Crippen molar-refractivity contribution >= 4 is 11.9 Å². The van der Waals surface area contributed by atoms with E-state index in [-0.39, 0.29) is 78.9 Å². The van der Waals surface area contributed by atoms with Gasteiger partial charge in [0.25, 0.3) is 0 Å². The smallest absolute Gasteiger partial charge is 0.401 e. The van der Waals surface area contributed by atoms with Crippen molar-refractivity contribution in [2.45, 2.75) is 151 Å². The van der Waals surface area contributed by atoms with E-state index in [0.717, 1.165) is 19.3 Å². The number of carbonyl (C=O) groups excluding carboxylic acids is 2. The topological polar surface area (TPSA) is 145 Å². The molecule has 0 spiro atoms. The molecule has 0 aromatic carbocycles. The van der Waals surface area contributed by atoms with Crippen molar-refractivity contribution in [1.82, 2.24) is 0 Å². The molecule has 0 bridgehead atoms. The van der Waals surface area contributed by atoms with Crippen LogP contribution in [0.3, 0.4) is 0 Å². The van der Waals surface area contributed by atoms with Crippen LogP contribution in [0.25, 0.3) is 0 Å². The fourth-order valence-electron chi connectivity index (χ4n) is 4.92. The Morgan fingerprint density at radius 2 is 0.592 bits per heavy atom. The fraction of sp³-hybridized carbons (Fsp3) is 0.943. The molecule has 0 rings (SSSR count). The highest BCUT2D eigenvalue weighted by Gasteiger charge is 2.64. The third-order valence-corrected chi connectivity index (χ3v) is 6.68. The van der Waals surface area contributed by atoms with E-state index >= 15 is 0 Å². The molecule has 0 saturated carbocycles. The van der Waals surface area contributed by atoms with Crippen LogP contribution in [0.15, 0.2) is 0 Å². The molecule has 0 aliphatic carbocycles. The third kappa shape index (κ3) is 15.0. The van der Waals surface area contributed by atoms with Gasteiger partial charge in [0.2, 0.25) is 0 Å². The minimum Gasteiger partial charge on any atom is -0.401 e. The molecule has 0 amide bonds. The molecule has 0 aromatic rings. The van der Waals surface area contributed by atoms with Crippen LogP contribution in [0.1, 0.15) is 127 Å². The summed E-state index contributed by atoms with van der Waals surface area (Å²) in [6.45, 7) is 19.9. The van der Waals surface area contributed by atoms with Gasteiger partial charge in [-0.3, -0.25) is 9.59 Å². The first-order chi connectivity index (χ1) is 23.6. The number of rotatable bonds is 34. The maximum absolute atomic E-state index is 13.1. The molecule has 292 valence electrons. The Hall–Kier alpha value is -1.46. The normalized spacial score (nSPS) is 12.8. The largest absolute Gasteiger partial charge is 0.416 e. The second-order valence-electron chi connectivity index (χ2n) is 10.6. The number of hydrogen-bond acceptors (Lipinski definition) is 14. The lowest BCUT2D eigenvalue weighted by atomic mass is 10.1. The first kappa shape index (κ1) is 47.5. The van der Waals surface area contributed by atoms with Crippen molar-refractivity contribution in [1.29, 1.82) is 0 Å². The van der Waals surface area contributed by atoms with E-state index in [9.17, 15) is 9.59 Å².